The molecule has 0 fully saturated rings. The van der Waals surface area contributed by atoms with Crippen molar-refractivity contribution < 1.29 is 9.72 Å². The molecule has 0 radical (unpaired) electrons. The Balaban J connectivity index is 2.25. The normalized spacial score (nSPS) is 10.2. The number of nitrogens with zero attached hydrogens (tertiary/aromatic N) is 1. The number of hydrogen-bond acceptors (Lipinski definition) is 4. The zero-order valence-electron chi connectivity index (χ0n) is 11.0. The molecular weight excluding hydrogens is 246 g/mol. The second-order valence-electron chi connectivity index (χ2n) is 4.23. The maximum Gasteiger partial charge on any atom is 0.269 e. The summed E-state index contributed by atoms with van der Waals surface area (Å²) in [5, 5.41) is 16.3. The summed E-state index contributed by atoms with van der Waals surface area (Å²) in [4.78, 5) is 21.5. The van der Waals surface area contributed by atoms with Crippen molar-refractivity contribution in [3.05, 3.63) is 39.9 Å². The van der Waals surface area contributed by atoms with E-state index < -0.39 is 4.92 Å². The average molecular weight is 265 g/mol. The predicted molar refractivity (Wildman–Crippen MR) is 73.0 cm³/mol. The highest BCUT2D eigenvalue weighted by atomic mass is 16.6. The van der Waals surface area contributed by atoms with Crippen LogP contribution in [0.5, 0.6) is 0 Å². The number of amides is 1. The summed E-state index contributed by atoms with van der Waals surface area (Å²) in [5.41, 5.74) is 1.06. The Labute approximate surface area is 112 Å². The average Bonchev–Trinajstić information content (AvgIpc) is 2.39. The molecule has 1 amide bonds. The van der Waals surface area contributed by atoms with E-state index in [1.165, 1.54) is 12.1 Å². The van der Waals surface area contributed by atoms with Crippen molar-refractivity contribution in [2.75, 3.05) is 20.1 Å². The van der Waals surface area contributed by atoms with E-state index in [4.69, 9.17) is 0 Å². The van der Waals surface area contributed by atoms with Crippen molar-refractivity contribution >= 4 is 11.6 Å². The number of nitrogens with one attached hydrogen (secondary N) is 2. The molecule has 0 unspecified atom stereocenters. The molecule has 0 aliphatic heterocycles. The van der Waals surface area contributed by atoms with E-state index in [-0.39, 0.29) is 11.6 Å². The molecule has 0 aromatic heterocycles. The summed E-state index contributed by atoms with van der Waals surface area (Å²) in [6.45, 7) is 1.38. The van der Waals surface area contributed by atoms with E-state index in [2.05, 4.69) is 10.6 Å². The SMILES string of the molecule is CNCCCC(=O)NCCc1ccc([N+](=O)[O-])cc1. The first-order valence-corrected chi connectivity index (χ1v) is 6.28. The largest absolute Gasteiger partial charge is 0.356 e. The molecule has 0 bridgehead atoms. The molecule has 0 heterocycles. The van der Waals surface area contributed by atoms with Crippen LogP contribution in [-0.2, 0) is 11.2 Å². The minimum absolute atomic E-state index is 0.0390. The van der Waals surface area contributed by atoms with Crippen LogP contribution in [0.15, 0.2) is 24.3 Å². The lowest BCUT2D eigenvalue weighted by Crippen LogP contribution is -2.26. The lowest BCUT2D eigenvalue weighted by molar-refractivity contribution is -0.384. The summed E-state index contributed by atoms with van der Waals surface area (Å²) in [5.74, 6) is 0.0390. The van der Waals surface area contributed by atoms with Gasteiger partial charge < -0.3 is 10.6 Å². The zero-order chi connectivity index (χ0) is 14.1. The highest BCUT2D eigenvalue weighted by Gasteiger charge is 2.04. The van der Waals surface area contributed by atoms with Crippen molar-refractivity contribution in [1.82, 2.24) is 10.6 Å². The van der Waals surface area contributed by atoms with Crippen molar-refractivity contribution in [2.24, 2.45) is 0 Å². The van der Waals surface area contributed by atoms with Crippen LogP contribution in [-0.4, -0.2) is 31.0 Å². The van der Waals surface area contributed by atoms with Crippen molar-refractivity contribution in [3.8, 4) is 0 Å². The van der Waals surface area contributed by atoms with Crippen molar-refractivity contribution in [1.29, 1.82) is 0 Å². The van der Waals surface area contributed by atoms with Gasteiger partial charge in [0, 0.05) is 25.1 Å². The molecule has 1 aromatic rings. The highest BCUT2D eigenvalue weighted by Crippen LogP contribution is 2.11. The van der Waals surface area contributed by atoms with E-state index in [9.17, 15) is 14.9 Å². The van der Waals surface area contributed by atoms with E-state index >= 15 is 0 Å². The zero-order valence-corrected chi connectivity index (χ0v) is 11.0. The van der Waals surface area contributed by atoms with Gasteiger partial charge in [0.25, 0.3) is 5.69 Å². The van der Waals surface area contributed by atoms with Gasteiger partial charge in [0.05, 0.1) is 4.92 Å². The van der Waals surface area contributed by atoms with Crippen LogP contribution in [0.1, 0.15) is 18.4 Å². The molecule has 6 heteroatoms. The van der Waals surface area contributed by atoms with Gasteiger partial charge in [0.2, 0.25) is 5.91 Å². The Morgan fingerprint density at radius 2 is 1.95 bits per heavy atom. The summed E-state index contributed by atoms with van der Waals surface area (Å²) >= 11 is 0. The predicted octanol–water partition coefficient (Wildman–Crippen LogP) is 1.25. The molecular formula is C13H19N3O3. The van der Waals surface area contributed by atoms with Crippen LogP contribution in [0.4, 0.5) is 5.69 Å². The fraction of sp³-hybridized carbons (Fsp3) is 0.462. The van der Waals surface area contributed by atoms with Gasteiger partial charge in [-0.25, -0.2) is 0 Å². The molecule has 1 aromatic carbocycles. The van der Waals surface area contributed by atoms with Crippen LogP contribution >= 0.6 is 0 Å². The smallest absolute Gasteiger partial charge is 0.269 e. The number of nitro groups is 1. The van der Waals surface area contributed by atoms with Gasteiger partial charge >= 0.3 is 0 Å². The third-order valence-electron chi connectivity index (χ3n) is 2.71. The molecule has 0 aliphatic rings. The summed E-state index contributed by atoms with van der Waals surface area (Å²) in [6.07, 6.45) is 2.01. The first-order valence-electron chi connectivity index (χ1n) is 6.28. The van der Waals surface area contributed by atoms with Crippen LogP contribution in [0.3, 0.4) is 0 Å². The standard InChI is InChI=1S/C13H19N3O3/c1-14-9-2-3-13(17)15-10-8-11-4-6-12(7-5-11)16(18)19/h4-7,14H,2-3,8-10H2,1H3,(H,15,17). The fourth-order valence-electron chi connectivity index (χ4n) is 1.64. The van der Waals surface area contributed by atoms with Gasteiger partial charge in [-0.3, -0.25) is 14.9 Å². The number of non-ortho nitro benzene ring substituents is 1. The van der Waals surface area contributed by atoms with Crippen LogP contribution in [0.25, 0.3) is 0 Å². The number of hydrogen-bond donors (Lipinski definition) is 2. The Kier molecular flexibility index (Phi) is 6.52. The maximum absolute atomic E-state index is 11.4. The van der Waals surface area contributed by atoms with Gasteiger partial charge in [-0.2, -0.15) is 0 Å². The molecule has 1 rings (SSSR count). The molecule has 6 nitrogen and oxygen atoms in total. The Morgan fingerprint density at radius 1 is 1.26 bits per heavy atom. The molecule has 104 valence electrons. The fourth-order valence-corrected chi connectivity index (χ4v) is 1.64. The molecule has 0 spiro atoms. The Bertz CT molecular complexity index is 418. The lowest BCUT2D eigenvalue weighted by atomic mass is 10.1. The number of nitro benzene ring substituents is 1. The first-order chi connectivity index (χ1) is 9.13. The minimum atomic E-state index is -0.423. The Morgan fingerprint density at radius 3 is 2.53 bits per heavy atom. The number of carbonyl (C=O) groups is 1. The molecule has 0 aliphatic carbocycles. The Hall–Kier alpha value is -1.95. The summed E-state index contributed by atoms with van der Waals surface area (Å²) in [7, 11) is 1.85. The van der Waals surface area contributed by atoms with Gasteiger partial charge in [0.15, 0.2) is 0 Å². The van der Waals surface area contributed by atoms with E-state index in [0.717, 1.165) is 18.5 Å². The van der Waals surface area contributed by atoms with Crippen LogP contribution < -0.4 is 10.6 Å². The van der Waals surface area contributed by atoms with Crippen LogP contribution in [0.2, 0.25) is 0 Å². The van der Waals surface area contributed by atoms with Gasteiger partial charge in [-0.15, -0.1) is 0 Å². The topological polar surface area (TPSA) is 84.3 Å². The number of benzene rings is 1. The van der Waals surface area contributed by atoms with E-state index in [1.807, 2.05) is 7.05 Å². The summed E-state index contributed by atoms with van der Waals surface area (Å²) in [6, 6.07) is 6.38. The van der Waals surface area contributed by atoms with E-state index in [0.29, 0.717) is 19.4 Å². The van der Waals surface area contributed by atoms with Crippen molar-refractivity contribution in [3.63, 3.8) is 0 Å². The minimum Gasteiger partial charge on any atom is -0.356 e. The number of carbonyl (C=O) groups excluding carboxylic acids is 1. The lowest BCUT2D eigenvalue weighted by Gasteiger charge is -2.05. The second-order valence-corrected chi connectivity index (χ2v) is 4.23. The van der Waals surface area contributed by atoms with Crippen molar-refractivity contribution in [2.45, 2.75) is 19.3 Å². The molecule has 0 atom stereocenters. The van der Waals surface area contributed by atoms with Crippen LogP contribution in [0, 0.1) is 10.1 Å². The molecule has 19 heavy (non-hydrogen) atoms. The molecule has 0 saturated carbocycles. The summed E-state index contributed by atoms with van der Waals surface area (Å²) < 4.78 is 0. The third kappa shape index (κ3) is 5.96. The van der Waals surface area contributed by atoms with Gasteiger partial charge in [-0.1, -0.05) is 12.1 Å². The molecule has 0 saturated heterocycles. The van der Waals surface area contributed by atoms with Gasteiger partial charge in [0.1, 0.15) is 0 Å². The van der Waals surface area contributed by atoms with Gasteiger partial charge in [-0.05, 0) is 32.0 Å². The maximum atomic E-state index is 11.4. The highest BCUT2D eigenvalue weighted by molar-refractivity contribution is 5.75. The first kappa shape index (κ1) is 15.1. The number of rotatable bonds is 8. The second kappa shape index (κ2) is 8.20. The molecule has 2 N–H and O–H groups in total. The van der Waals surface area contributed by atoms with E-state index in [1.54, 1.807) is 12.1 Å². The quantitative estimate of drug-likeness (QED) is 0.421. The third-order valence-corrected chi connectivity index (χ3v) is 2.71. The monoisotopic (exact) mass is 265 g/mol.